The molecule has 2 nitrogen and oxygen atoms in total. The first kappa shape index (κ1) is 10.1. The molecule has 1 aliphatic rings. The summed E-state index contributed by atoms with van der Waals surface area (Å²) in [6.45, 7) is 0. The van der Waals surface area contributed by atoms with Gasteiger partial charge in [-0.2, -0.15) is 4.99 Å². The lowest BCUT2D eigenvalue weighted by atomic mass is 9.96. The SMILES string of the molecule is C(=Nc1ccccc1)=NC1CCCCC1. The van der Waals surface area contributed by atoms with Crippen molar-refractivity contribution in [2.45, 2.75) is 38.1 Å². The van der Waals surface area contributed by atoms with E-state index in [0.717, 1.165) is 5.69 Å². The Labute approximate surface area is 90.8 Å². The highest BCUT2D eigenvalue weighted by Gasteiger charge is 2.10. The zero-order valence-corrected chi connectivity index (χ0v) is 8.89. The van der Waals surface area contributed by atoms with Crippen LogP contribution in [-0.4, -0.2) is 12.1 Å². The molecule has 0 unspecified atom stereocenters. The minimum Gasteiger partial charge on any atom is -0.222 e. The summed E-state index contributed by atoms with van der Waals surface area (Å²) in [7, 11) is 0. The Bertz CT molecular complexity index is 344. The second kappa shape index (κ2) is 5.47. The molecular formula is C13H16N2. The lowest BCUT2D eigenvalue weighted by Crippen LogP contribution is -2.08. The second-order valence-corrected chi connectivity index (χ2v) is 3.97. The summed E-state index contributed by atoms with van der Waals surface area (Å²) < 4.78 is 0. The Morgan fingerprint density at radius 1 is 1.00 bits per heavy atom. The molecule has 0 heterocycles. The number of hydrogen-bond donors (Lipinski definition) is 0. The molecule has 0 spiro atoms. The largest absolute Gasteiger partial charge is 0.222 e. The van der Waals surface area contributed by atoms with Gasteiger partial charge in [0.2, 0.25) is 0 Å². The molecule has 78 valence electrons. The van der Waals surface area contributed by atoms with Gasteiger partial charge in [-0.1, -0.05) is 37.5 Å². The number of hydrogen-bond acceptors (Lipinski definition) is 2. The van der Waals surface area contributed by atoms with Gasteiger partial charge in [0, 0.05) is 0 Å². The fourth-order valence-electron chi connectivity index (χ4n) is 1.88. The summed E-state index contributed by atoms with van der Waals surface area (Å²) in [5, 5.41) is 0. The Balaban J connectivity index is 1.95. The minimum absolute atomic E-state index is 0.464. The summed E-state index contributed by atoms with van der Waals surface area (Å²) >= 11 is 0. The third kappa shape index (κ3) is 3.34. The van der Waals surface area contributed by atoms with Crippen molar-refractivity contribution in [3.8, 4) is 0 Å². The van der Waals surface area contributed by atoms with E-state index in [0.29, 0.717) is 6.04 Å². The summed E-state index contributed by atoms with van der Waals surface area (Å²) in [5.41, 5.74) is 0.928. The van der Waals surface area contributed by atoms with Crippen LogP contribution in [0, 0.1) is 0 Å². The van der Waals surface area contributed by atoms with Gasteiger partial charge in [0.1, 0.15) is 0 Å². The average molecular weight is 200 g/mol. The first-order chi connectivity index (χ1) is 7.45. The van der Waals surface area contributed by atoms with Gasteiger partial charge >= 0.3 is 0 Å². The molecule has 0 bridgehead atoms. The fourth-order valence-corrected chi connectivity index (χ4v) is 1.88. The van der Waals surface area contributed by atoms with E-state index in [1.165, 1.54) is 32.1 Å². The van der Waals surface area contributed by atoms with E-state index in [-0.39, 0.29) is 0 Å². The predicted octanol–water partition coefficient (Wildman–Crippen LogP) is 3.82. The van der Waals surface area contributed by atoms with E-state index in [1.54, 1.807) is 0 Å². The van der Waals surface area contributed by atoms with Crippen LogP contribution in [-0.2, 0) is 0 Å². The first-order valence-electron chi connectivity index (χ1n) is 5.66. The van der Waals surface area contributed by atoms with E-state index >= 15 is 0 Å². The van der Waals surface area contributed by atoms with Crippen LogP contribution in [0.5, 0.6) is 0 Å². The maximum absolute atomic E-state index is 4.36. The molecule has 0 atom stereocenters. The molecule has 0 aromatic heterocycles. The van der Waals surface area contributed by atoms with E-state index in [9.17, 15) is 0 Å². The normalized spacial score (nSPS) is 16.8. The number of benzene rings is 1. The van der Waals surface area contributed by atoms with E-state index in [2.05, 4.69) is 16.0 Å². The van der Waals surface area contributed by atoms with Crippen LogP contribution in [0.3, 0.4) is 0 Å². The monoisotopic (exact) mass is 200 g/mol. The number of aliphatic imine (C=N–C) groups is 2. The number of para-hydroxylation sites is 1. The van der Waals surface area contributed by atoms with Crippen LogP contribution < -0.4 is 0 Å². The highest BCUT2D eigenvalue weighted by atomic mass is 14.8. The minimum atomic E-state index is 0.464. The Morgan fingerprint density at radius 2 is 1.73 bits per heavy atom. The molecule has 0 N–H and O–H groups in total. The summed E-state index contributed by atoms with van der Waals surface area (Å²) in [5.74, 6) is 0. The smallest absolute Gasteiger partial charge is 0.0951 e. The van der Waals surface area contributed by atoms with Gasteiger partial charge in [-0.25, -0.2) is 4.99 Å². The molecule has 0 amide bonds. The van der Waals surface area contributed by atoms with Crippen molar-refractivity contribution >= 4 is 11.7 Å². The maximum Gasteiger partial charge on any atom is 0.0951 e. The highest BCUT2D eigenvalue weighted by molar-refractivity contribution is 5.52. The third-order valence-electron chi connectivity index (χ3n) is 2.75. The maximum atomic E-state index is 4.36. The van der Waals surface area contributed by atoms with Crippen LogP contribution in [0.2, 0.25) is 0 Å². The highest BCUT2D eigenvalue weighted by Crippen LogP contribution is 2.19. The van der Waals surface area contributed by atoms with Gasteiger partial charge in [-0.15, -0.1) is 0 Å². The van der Waals surface area contributed by atoms with Crippen LogP contribution in [0.15, 0.2) is 40.3 Å². The molecule has 1 saturated carbocycles. The molecule has 1 aliphatic carbocycles. The predicted molar refractivity (Wildman–Crippen MR) is 62.8 cm³/mol. The van der Waals surface area contributed by atoms with E-state index < -0.39 is 0 Å². The summed E-state index contributed by atoms with van der Waals surface area (Å²) in [6.07, 6.45) is 6.39. The molecule has 2 heteroatoms. The van der Waals surface area contributed by atoms with Crippen molar-refractivity contribution in [2.75, 3.05) is 0 Å². The van der Waals surface area contributed by atoms with Crippen LogP contribution in [0.1, 0.15) is 32.1 Å². The zero-order chi connectivity index (χ0) is 10.3. The molecule has 1 aromatic rings. The second-order valence-electron chi connectivity index (χ2n) is 3.97. The van der Waals surface area contributed by atoms with E-state index in [1.807, 2.05) is 30.3 Å². The van der Waals surface area contributed by atoms with Gasteiger partial charge < -0.3 is 0 Å². The molecule has 2 rings (SSSR count). The first-order valence-corrected chi connectivity index (χ1v) is 5.66. The third-order valence-corrected chi connectivity index (χ3v) is 2.75. The van der Waals surface area contributed by atoms with Crippen molar-refractivity contribution in [1.29, 1.82) is 0 Å². The lowest BCUT2D eigenvalue weighted by molar-refractivity contribution is 0.444. The van der Waals surface area contributed by atoms with Crippen molar-refractivity contribution in [3.05, 3.63) is 30.3 Å². The molecular weight excluding hydrogens is 184 g/mol. The zero-order valence-electron chi connectivity index (χ0n) is 8.89. The fraction of sp³-hybridized carbons (Fsp3) is 0.462. The Hall–Kier alpha value is -1.40. The summed E-state index contributed by atoms with van der Waals surface area (Å²) in [6, 6.07) is 13.1. The quantitative estimate of drug-likeness (QED) is 0.648. The standard InChI is InChI=1S/C13H16N2/c1-3-7-12(8-4-1)14-11-15-13-9-5-2-6-10-13/h1,3-4,7-8,13H,2,5-6,9-10H2. The van der Waals surface area contributed by atoms with Crippen LogP contribution >= 0.6 is 0 Å². The molecule has 1 aromatic carbocycles. The van der Waals surface area contributed by atoms with Gasteiger partial charge in [0.05, 0.1) is 17.7 Å². The van der Waals surface area contributed by atoms with Gasteiger partial charge in [0.15, 0.2) is 0 Å². The topological polar surface area (TPSA) is 24.7 Å². The Kier molecular flexibility index (Phi) is 3.70. The van der Waals surface area contributed by atoms with Crippen LogP contribution in [0.4, 0.5) is 5.69 Å². The lowest BCUT2D eigenvalue weighted by Gasteiger charge is -2.15. The molecule has 0 aliphatic heterocycles. The molecule has 1 fully saturated rings. The molecule has 0 radical (unpaired) electrons. The van der Waals surface area contributed by atoms with Crippen molar-refractivity contribution < 1.29 is 0 Å². The van der Waals surface area contributed by atoms with Gasteiger partial charge in [-0.05, 0) is 25.0 Å². The molecule has 0 saturated heterocycles. The van der Waals surface area contributed by atoms with Crippen LogP contribution in [0.25, 0.3) is 0 Å². The van der Waals surface area contributed by atoms with Crippen molar-refractivity contribution in [1.82, 2.24) is 0 Å². The number of rotatable bonds is 2. The Morgan fingerprint density at radius 3 is 2.47 bits per heavy atom. The van der Waals surface area contributed by atoms with Gasteiger partial charge in [0.25, 0.3) is 0 Å². The van der Waals surface area contributed by atoms with Crippen molar-refractivity contribution in [2.24, 2.45) is 9.98 Å². The average Bonchev–Trinajstić information content (AvgIpc) is 2.32. The summed E-state index contributed by atoms with van der Waals surface area (Å²) in [4.78, 5) is 8.55. The van der Waals surface area contributed by atoms with Gasteiger partial charge in [-0.3, -0.25) is 0 Å². The van der Waals surface area contributed by atoms with E-state index in [4.69, 9.17) is 0 Å². The van der Waals surface area contributed by atoms with Crippen molar-refractivity contribution in [3.63, 3.8) is 0 Å². The number of nitrogens with zero attached hydrogens (tertiary/aromatic N) is 2. The molecule has 15 heavy (non-hydrogen) atoms.